The SMILES string of the molecule is CCCCCCCCCCCCCCCC(=O)O[C@H](COC(=O)CCCCCCCCCCC(C)C)COP(=O)(O)OC[C@H](O)COP(=O)(O)OC[C@@H](COC(=O)CCCCCCCCCCCCCC(C)C)OC(=O)CCCCCCCCCCCCCCCC(C)C. The largest absolute Gasteiger partial charge is 0.472 e. The molecule has 0 fully saturated rings. The molecule has 0 spiro atoms. The van der Waals surface area contributed by atoms with Gasteiger partial charge < -0.3 is 33.8 Å². The van der Waals surface area contributed by atoms with Gasteiger partial charge in [0.1, 0.15) is 19.3 Å². The molecule has 0 heterocycles. The third-order valence-electron chi connectivity index (χ3n) is 17.4. The van der Waals surface area contributed by atoms with Crippen molar-refractivity contribution in [1.82, 2.24) is 0 Å². The Morgan fingerprint density at radius 2 is 0.489 bits per heavy atom. The van der Waals surface area contributed by atoms with E-state index in [2.05, 4.69) is 48.5 Å². The highest BCUT2D eigenvalue weighted by molar-refractivity contribution is 7.47. The van der Waals surface area contributed by atoms with Crippen LogP contribution in [-0.2, 0) is 65.4 Å². The standard InChI is InChI=1S/C75H146O17P2/c1-8-9-10-11-12-13-14-16-22-28-37-44-51-58-74(79)92-71(63-86-73(78)57-50-43-36-31-30-34-41-48-55-68(6)7)65-90-94(83,84)88-61-69(76)60-87-93(81,82)89-64-70(62-85-72(77)56-49-42-35-27-24-19-21-26-33-40-47-54-67(4)5)91-75(80)59-52-45-38-29-23-18-15-17-20-25-32-39-46-53-66(2)3/h66-71,76H,8-65H2,1-7H3,(H,81,82)(H,83,84)/t69-,70-,71-/m1/s1. The Bertz CT molecular complexity index is 1840. The zero-order valence-electron chi connectivity index (χ0n) is 61.4. The van der Waals surface area contributed by atoms with Gasteiger partial charge >= 0.3 is 39.5 Å². The molecule has 0 aliphatic rings. The molecule has 2 unspecified atom stereocenters. The lowest BCUT2D eigenvalue weighted by Crippen LogP contribution is -2.30. The third-order valence-corrected chi connectivity index (χ3v) is 19.3. The van der Waals surface area contributed by atoms with Gasteiger partial charge in [-0.05, 0) is 43.4 Å². The van der Waals surface area contributed by atoms with Gasteiger partial charge in [-0.15, -0.1) is 0 Å². The molecule has 0 aliphatic carbocycles. The third kappa shape index (κ3) is 68.6. The van der Waals surface area contributed by atoms with Crippen molar-refractivity contribution >= 4 is 39.5 Å². The van der Waals surface area contributed by atoms with E-state index in [9.17, 15) is 43.2 Å². The van der Waals surface area contributed by atoms with Gasteiger partial charge in [0, 0.05) is 25.7 Å². The van der Waals surface area contributed by atoms with Crippen LogP contribution < -0.4 is 0 Å². The summed E-state index contributed by atoms with van der Waals surface area (Å²) in [5, 5.41) is 10.6. The van der Waals surface area contributed by atoms with E-state index in [4.69, 9.17) is 37.0 Å². The number of phosphoric ester groups is 2. The Labute approximate surface area is 575 Å². The van der Waals surface area contributed by atoms with E-state index in [1.165, 1.54) is 193 Å². The fourth-order valence-corrected chi connectivity index (χ4v) is 13.0. The van der Waals surface area contributed by atoms with Gasteiger partial charge in [-0.1, -0.05) is 331 Å². The molecule has 558 valence electrons. The van der Waals surface area contributed by atoms with Crippen molar-refractivity contribution in [1.29, 1.82) is 0 Å². The van der Waals surface area contributed by atoms with Gasteiger partial charge in [0.15, 0.2) is 12.2 Å². The Kier molecular flexibility index (Phi) is 64.3. The fraction of sp³-hybridized carbons (Fsp3) is 0.947. The quantitative estimate of drug-likeness (QED) is 0.0222. The first-order valence-electron chi connectivity index (χ1n) is 38.8. The molecule has 0 aliphatic heterocycles. The van der Waals surface area contributed by atoms with Crippen molar-refractivity contribution < 1.29 is 80.2 Å². The molecule has 3 N–H and O–H groups in total. The van der Waals surface area contributed by atoms with Crippen LogP contribution in [0.4, 0.5) is 0 Å². The van der Waals surface area contributed by atoms with Crippen LogP contribution in [0.3, 0.4) is 0 Å². The number of rotatable bonds is 73. The number of carbonyl (C=O) groups excluding carboxylic acids is 4. The maximum absolute atomic E-state index is 13.1. The number of hydrogen-bond acceptors (Lipinski definition) is 15. The molecule has 5 atom stereocenters. The van der Waals surface area contributed by atoms with Gasteiger partial charge in [-0.25, -0.2) is 9.13 Å². The lowest BCUT2D eigenvalue weighted by molar-refractivity contribution is -0.161. The summed E-state index contributed by atoms with van der Waals surface area (Å²) in [6.45, 7) is 11.9. The summed E-state index contributed by atoms with van der Waals surface area (Å²) in [7, 11) is -9.91. The molecule has 0 rings (SSSR count). The van der Waals surface area contributed by atoms with Crippen LogP contribution in [0.5, 0.6) is 0 Å². The van der Waals surface area contributed by atoms with Crippen LogP contribution in [-0.4, -0.2) is 96.7 Å². The highest BCUT2D eigenvalue weighted by atomic mass is 31.2. The smallest absolute Gasteiger partial charge is 0.462 e. The van der Waals surface area contributed by atoms with Gasteiger partial charge in [0.25, 0.3) is 0 Å². The summed E-state index contributed by atoms with van der Waals surface area (Å²) in [6.07, 6.45) is 51.2. The number of esters is 4. The number of aliphatic hydroxyl groups is 1. The maximum Gasteiger partial charge on any atom is 0.472 e. The fourth-order valence-electron chi connectivity index (χ4n) is 11.4. The number of unbranched alkanes of at least 4 members (excludes halogenated alkanes) is 41. The second-order valence-electron chi connectivity index (χ2n) is 28.5. The van der Waals surface area contributed by atoms with Gasteiger partial charge in [0.05, 0.1) is 26.4 Å². The van der Waals surface area contributed by atoms with E-state index in [1.807, 2.05) is 0 Å². The molecule has 0 amide bonds. The summed E-state index contributed by atoms with van der Waals surface area (Å²) in [5.41, 5.74) is 0. The zero-order valence-corrected chi connectivity index (χ0v) is 63.2. The monoisotopic (exact) mass is 1380 g/mol. The average molecular weight is 1380 g/mol. The van der Waals surface area contributed by atoms with Gasteiger partial charge in [0.2, 0.25) is 0 Å². The minimum Gasteiger partial charge on any atom is -0.462 e. The van der Waals surface area contributed by atoms with E-state index in [1.54, 1.807) is 0 Å². The van der Waals surface area contributed by atoms with Gasteiger partial charge in [-0.3, -0.25) is 37.3 Å². The maximum atomic E-state index is 13.1. The minimum atomic E-state index is -4.96. The van der Waals surface area contributed by atoms with E-state index < -0.39 is 97.5 Å². The van der Waals surface area contributed by atoms with E-state index in [0.29, 0.717) is 25.7 Å². The summed E-state index contributed by atoms with van der Waals surface area (Å²) >= 11 is 0. The first kappa shape index (κ1) is 92.1. The second-order valence-corrected chi connectivity index (χ2v) is 31.4. The topological polar surface area (TPSA) is 237 Å². The summed E-state index contributed by atoms with van der Waals surface area (Å²) in [6, 6.07) is 0. The Hall–Kier alpha value is -1.94. The van der Waals surface area contributed by atoms with Crippen LogP contribution in [0.15, 0.2) is 0 Å². The van der Waals surface area contributed by atoms with Crippen LogP contribution >= 0.6 is 15.6 Å². The van der Waals surface area contributed by atoms with E-state index >= 15 is 0 Å². The molecule has 0 aromatic rings. The highest BCUT2D eigenvalue weighted by Crippen LogP contribution is 2.45. The van der Waals surface area contributed by atoms with Crippen molar-refractivity contribution in [3.8, 4) is 0 Å². The number of hydrogen-bond donors (Lipinski definition) is 3. The molecule has 0 aromatic carbocycles. The summed E-state index contributed by atoms with van der Waals surface area (Å²) in [5.74, 6) is 0.166. The molecule has 19 heteroatoms. The molecule has 0 saturated carbocycles. The Morgan fingerprint density at radius 1 is 0.287 bits per heavy atom. The second kappa shape index (κ2) is 65.7. The van der Waals surface area contributed by atoms with Crippen LogP contribution in [0.2, 0.25) is 0 Å². The van der Waals surface area contributed by atoms with Crippen molar-refractivity contribution in [2.45, 2.75) is 401 Å². The van der Waals surface area contributed by atoms with Crippen LogP contribution in [0.1, 0.15) is 382 Å². The molecule has 17 nitrogen and oxygen atoms in total. The highest BCUT2D eigenvalue weighted by Gasteiger charge is 2.30. The lowest BCUT2D eigenvalue weighted by Gasteiger charge is -2.21. The number of carbonyl (C=O) groups is 4. The number of phosphoric acid groups is 2. The van der Waals surface area contributed by atoms with Crippen molar-refractivity contribution in [2.24, 2.45) is 17.8 Å². The Balaban J connectivity index is 5.26. The molecule has 94 heavy (non-hydrogen) atoms. The first-order chi connectivity index (χ1) is 45.2. The number of aliphatic hydroxyl groups excluding tert-OH is 1. The summed E-state index contributed by atoms with van der Waals surface area (Å²) < 4.78 is 68.5. The molecule has 0 aromatic heterocycles. The predicted molar refractivity (Wildman–Crippen MR) is 381 cm³/mol. The van der Waals surface area contributed by atoms with Gasteiger partial charge in [-0.2, -0.15) is 0 Å². The first-order valence-corrected chi connectivity index (χ1v) is 41.8. The van der Waals surface area contributed by atoms with E-state index in [0.717, 1.165) is 108 Å². The van der Waals surface area contributed by atoms with E-state index in [-0.39, 0.29) is 25.7 Å². The minimum absolute atomic E-state index is 0.107. The summed E-state index contributed by atoms with van der Waals surface area (Å²) in [4.78, 5) is 72.8. The van der Waals surface area contributed by atoms with Crippen molar-refractivity contribution in [3.05, 3.63) is 0 Å². The molecule has 0 saturated heterocycles. The molecule has 0 radical (unpaired) electrons. The molecule has 0 bridgehead atoms. The van der Waals surface area contributed by atoms with Crippen molar-refractivity contribution in [3.63, 3.8) is 0 Å². The normalized spacial score (nSPS) is 14.1. The van der Waals surface area contributed by atoms with Crippen molar-refractivity contribution in [2.75, 3.05) is 39.6 Å². The predicted octanol–water partition coefficient (Wildman–Crippen LogP) is 21.8. The van der Waals surface area contributed by atoms with Crippen LogP contribution in [0, 0.1) is 17.8 Å². The number of ether oxygens (including phenoxy) is 4. The molecular formula is C75H146O17P2. The zero-order chi connectivity index (χ0) is 69.4. The Morgan fingerprint density at radius 3 is 0.723 bits per heavy atom. The average Bonchev–Trinajstić information content (AvgIpc) is 3.07. The van der Waals surface area contributed by atoms with Crippen LogP contribution in [0.25, 0.3) is 0 Å². The lowest BCUT2D eigenvalue weighted by atomic mass is 10.0. The molecular weight excluding hydrogens is 1230 g/mol.